The van der Waals surface area contributed by atoms with Crippen molar-refractivity contribution in [1.82, 2.24) is 24.6 Å². The third-order valence-electron chi connectivity index (χ3n) is 2.85. The van der Waals surface area contributed by atoms with Crippen molar-refractivity contribution >= 4 is 11.5 Å². The fourth-order valence-corrected chi connectivity index (χ4v) is 2.72. The van der Waals surface area contributed by atoms with Crippen LogP contribution in [0.1, 0.15) is 42.7 Å². The average Bonchev–Trinajstić information content (AvgIpc) is 3.01. The van der Waals surface area contributed by atoms with Crippen molar-refractivity contribution in [3.8, 4) is 0 Å². The van der Waals surface area contributed by atoms with Gasteiger partial charge in [-0.1, -0.05) is 17.8 Å². The van der Waals surface area contributed by atoms with E-state index in [0.717, 1.165) is 35.8 Å². The van der Waals surface area contributed by atoms with E-state index in [-0.39, 0.29) is 6.04 Å². The summed E-state index contributed by atoms with van der Waals surface area (Å²) in [6, 6.07) is -0.138. The minimum Gasteiger partial charge on any atom is -0.334 e. The number of aryl methyl sites for hydroxylation is 2. The van der Waals surface area contributed by atoms with Gasteiger partial charge in [0, 0.05) is 18.9 Å². The monoisotopic (exact) mass is 266 g/mol. The lowest BCUT2D eigenvalue weighted by molar-refractivity contribution is 0.562. The second-order valence-corrected chi connectivity index (χ2v) is 4.79. The largest absolute Gasteiger partial charge is 0.334 e. The third-order valence-corrected chi connectivity index (χ3v) is 3.68. The van der Waals surface area contributed by atoms with Crippen LogP contribution in [0.25, 0.3) is 0 Å². The first-order chi connectivity index (χ1) is 8.81. The van der Waals surface area contributed by atoms with Gasteiger partial charge in [0.2, 0.25) is 0 Å². The van der Waals surface area contributed by atoms with Crippen LogP contribution in [0.5, 0.6) is 0 Å². The summed E-state index contributed by atoms with van der Waals surface area (Å²) in [6.45, 7) is 5.07. The molecule has 1 atom stereocenters. The van der Waals surface area contributed by atoms with E-state index in [1.54, 1.807) is 6.20 Å². The van der Waals surface area contributed by atoms with Crippen LogP contribution in [0.15, 0.2) is 12.4 Å². The van der Waals surface area contributed by atoms with Crippen LogP contribution < -0.4 is 11.3 Å². The summed E-state index contributed by atoms with van der Waals surface area (Å²) in [4.78, 5) is 5.44. The highest BCUT2D eigenvalue weighted by Crippen LogP contribution is 2.26. The Balaban J connectivity index is 2.36. The molecule has 0 saturated carbocycles. The average molecular weight is 266 g/mol. The second kappa shape index (κ2) is 6.03. The molecule has 0 spiro atoms. The molecule has 0 bridgehead atoms. The van der Waals surface area contributed by atoms with Gasteiger partial charge in [0.05, 0.1) is 10.6 Å². The molecule has 2 aromatic rings. The summed E-state index contributed by atoms with van der Waals surface area (Å²) in [5.74, 6) is 6.60. The van der Waals surface area contributed by atoms with E-state index >= 15 is 0 Å². The molecule has 3 N–H and O–H groups in total. The lowest BCUT2D eigenvalue weighted by atomic mass is 10.1. The van der Waals surface area contributed by atoms with E-state index in [1.807, 2.05) is 6.20 Å². The molecule has 1 unspecified atom stereocenters. The molecule has 0 saturated heterocycles. The van der Waals surface area contributed by atoms with Crippen LogP contribution in [0.2, 0.25) is 0 Å². The van der Waals surface area contributed by atoms with Crippen LogP contribution in [-0.2, 0) is 13.0 Å². The van der Waals surface area contributed by atoms with E-state index in [9.17, 15) is 0 Å². The third kappa shape index (κ3) is 2.43. The minimum absolute atomic E-state index is 0.138. The molecule has 0 amide bonds. The Morgan fingerprint density at radius 3 is 3.00 bits per heavy atom. The summed E-state index contributed by atoms with van der Waals surface area (Å²) >= 11 is 1.38. The maximum absolute atomic E-state index is 5.69. The van der Waals surface area contributed by atoms with E-state index < -0.39 is 0 Å². The van der Waals surface area contributed by atoms with Crippen LogP contribution in [0, 0.1) is 0 Å². The number of hydrogen-bond acceptors (Lipinski definition) is 6. The van der Waals surface area contributed by atoms with E-state index in [0.29, 0.717) is 0 Å². The van der Waals surface area contributed by atoms with Gasteiger partial charge in [-0.3, -0.25) is 5.84 Å². The zero-order chi connectivity index (χ0) is 13.0. The summed E-state index contributed by atoms with van der Waals surface area (Å²) in [7, 11) is 0. The normalized spacial score (nSPS) is 12.8. The Labute approximate surface area is 110 Å². The molecule has 6 nitrogen and oxygen atoms in total. The Kier molecular flexibility index (Phi) is 4.40. The quantitative estimate of drug-likeness (QED) is 0.607. The number of imidazole rings is 1. The summed E-state index contributed by atoms with van der Waals surface area (Å²) in [5.41, 5.74) is 3.84. The fourth-order valence-electron chi connectivity index (χ4n) is 1.96. The molecule has 2 rings (SSSR count). The van der Waals surface area contributed by atoms with E-state index in [4.69, 9.17) is 5.84 Å². The lowest BCUT2D eigenvalue weighted by Gasteiger charge is -2.15. The zero-order valence-corrected chi connectivity index (χ0v) is 11.4. The molecular formula is C11H18N6S. The standard InChI is InChI=1S/C11H18N6S/c1-3-5-8-10(18-16-15-8)9(14-12)11-13-6-7-17(11)4-2/h6-7,9,14H,3-5,12H2,1-2H3. The molecule has 0 fully saturated rings. The first-order valence-corrected chi connectivity index (χ1v) is 6.87. The molecule has 7 heteroatoms. The van der Waals surface area contributed by atoms with Gasteiger partial charge in [0.15, 0.2) is 0 Å². The Morgan fingerprint density at radius 2 is 2.33 bits per heavy atom. The highest BCUT2D eigenvalue weighted by molar-refractivity contribution is 7.05. The van der Waals surface area contributed by atoms with Crippen molar-refractivity contribution in [3.63, 3.8) is 0 Å². The number of nitrogens with two attached hydrogens (primary N) is 1. The number of nitrogens with zero attached hydrogens (tertiary/aromatic N) is 4. The first-order valence-electron chi connectivity index (χ1n) is 6.10. The fraction of sp³-hybridized carbons (Fsp3) is 0.545. The maximum Gasteiger partial charge on any atom is 0.132 e. The smallest absolute Gasteiger partial charge is 0.132 e. The molecule has 98 valence electrons. The van der Waals surface area contributed by atoms with Gasteiger partial charge >= 0.3 is 0 Å². The highest BCUT2D eigenvalue weighted by Gasteiger charge is 2.23. The van der Waals surface area contributed by atoms with Gasteiger partial charge in [0.1, 0.15) is 11.9 Å². The molecule has 2 heterocycles. The number of nitrogens with one attached hydrogen (secondary N) is 1. The van der Waals surface area contributed by atoms with Crippen LogP contribution in [-0.4, -0.2) is 19.1 Å². The minimum atomic E-state index is -0.138. The lowest BCUT2D eigenvalue weighted by Crippen LogP contribution is -2.31. The maximum atomic E-state index is 5.69. The molecule has 18 heavy (non-hydrogen) atoms. The van der Waals surface area contributed by atoms with Crippen molar-refractivity contribution in [2.75, 3.05) is 0 Å². The number of aromatic nitrogens is 4. The predicted octanol–water partition coefficient (Wildman–Crippen LogP) is 1.26. The molecule has 0 aromatic carbocycles. The Bertz CT molecular complexity index is 491. The van der Waals surface area contributed by atoms with Gasteiger partial charge in [0.25, 0.3) is 0 Å². The van der Waals surface area contributed by atoms with Crippen molar-refractivity contribution in [2.24, 2.45) is 5.84 Å². The molecule has 0 aliphatic carbocycles. The molecule has 0 aliphatic rings. The van der Waals surface area contributed by atoms with Crippen LogP contribution >= 0.6 is 11.5 Å². The van der Waals surface area contributed by atoms with Gasteiger partial charge in [-0.25, -0.2) is 10.4 Å². The zero-order valence-electron chi connectivity index (χ0n) is 10.6. The summed E-state index contributed by atoms with van der Waals surface area (Å²) in [6.07, 6.45) is 5.69. The SMILES string of the molecule is CCCc1nnsc1C(NN)c1nccn1CC. The van der Waals surface area contributed by atoms with Crippen molar-refractivity contribution in [1.29, 1.82) is 0 Å². The second-order valence-electron chi connectivity index (χ2n) is 4.01. The predicted molar refractivity (Wildman–Crippen MR) is 71.0 cm³/mol. The molecule has 0 aliphatic heterocycles. The molecule has 0 radical (unpaired) electrons. The van der Waals surface area contributed by atoms with Crippen LogP contribution in [0.3, 0.4) is 0 Å². The van der Waals surface area contributed by atoms with Crippen molar-refractivity contribution < 1.29 is 0 Å². The number of hydrogen-bond donors (Lipinski definition) is 2. The van der Waals surface area contributed by atoms with Crippen molar-refractivity contribution in [2.45, 2.75) is 39.3 Å². The molecule has 2 aromatic heterocycles. The van der Waals surface area contributed by atoms with Gasteiger partial charge in [-0.05, 0) is 24.9 Å². The molecular weight excluding hydrogens is 248 g/mol. The van der Waals surface area contributed by atoms with Crippen molar-refractivity contribution in [3.05, 3.63) is 28.8 Å². The van der Waals surface area contributed by atoms with Gasteiger partial charge < -0.3 is 4.57 Å². The van der Waals surface area contributed by atoms with E-state index in [2.05, 4.69) is 38.4 Å². The Morgan fingerprint density at radius 1 is 1.50 bits per heavy atom. The van der Waals surface area contributed by atoms with Gasteiger partial charge in [-0.15, -0.1) is 5.10 Å². The first kappa shape index (κ1) is 13.1. The number of hydrazine groups is 1. The summed E-state index contributed by atoms with van der Waals surface area (Å²) < 4.78 is 6.10. The Hall–Kier alpha value is -1.31. The van der Waals surface area contributed by atoms with Crippen LogP contribution in [0.4, 0.5) is 0 Å². The summed E-state index contributed by atoms with van der Waals surface area (Å²) in [5, 5.41) is 4.18. The number of rotatable bonds is 6. The van der Waals surface area contributed by atoms with E-state index in [1.165, 1.54) is 11.5 Å². The topological polar surface area (TPSA) is 81.7 Å². The highest BCUT2D eigenvalue weighted by atomic mass is 32.1. The van der Waals surface area contributed by atoms with Gasteiger partial charge in [-0.2, -0.15) is 0 Å².